The largest absolute Gasteiger partial charge is 0.322 e. The third kappa shape index (κ3) is 3.20. The number of rotatable bonds is 3. The highest BCUT2D eigenvalue weighted by Gasteiger charge is 2.18. The molecule has 0 bridgehead atoms. The van der Waals surface area contributed by atoms with Crippen LogP contribution in [0.1, 0.15) is 20.5 Å². The van der Waals surface area contributed by atoms with E-state index >= 15 is 0 Å². The van der Waals surface area contributed by atoms with Crippen molar-refractivity contribution in [2.75, 3.05) is 16.8 Å². The van der Waals surface area contributed by atoms with E-state index in [1.54, 1.807) is 18.5 Å². The molecule has 2 aromatic heterocycles. The van der Waals surface area contributed by atoms with Crippen LogP contribution < -0.4 is 5.32 Å². The number of benzene rings is 1. The number of fused-ring (bicyclic) bond motifs is 1. The topological polar surface area (TPSA) is 46.4 Å². The summed E-state index contributed by atoms with van der Waals surface area (Å²) < 4.78 is 3.10. The molecule has 3 aromatic rings. The number of halogens is 1. The summed E-state index contributed by atoms with van der Waals surface area (Å²) in [6, 6.07) is 9.92. The lowest BCUT2D eigenvalue weighted by Gasteiger charge is -2.11. The van der Waals surface area contributed by atoms with Crippen LogP contribution in [0.4, 0.5) is 5.69 Å². The van der Waals surface area contributed by atoms with Gasteiger partial charge in [0.15, 0.2) is 5.65 Å². The van der Waals surface area contributed by atoms with Crippen molar-refractivity contribution < 1.29 is 4.79 Å². The predicted octanol–water partition coefficient (Wildman–Crippen LogP) is 4.83. The first-order chi connectivity index (χ1) is 11.7. The van der Waals surface area contributed by atoms with Crippen LogP contribution in [-0.2, 0) is 0 Å². The number of pyridine rings is 1. The van der Waals surface area contributed by atoms with Crippen LogP contribution >= 0.6 is 39.5 Å². The molecule has 7 heteroatoms. The van der Waals surface area contributed by atoms with Gasteiger partial charge in [-0.2, -0.15) is 0 Å². The Labute approximate surface area is 156 Å². The maximum Gasteiger partial charge on any atom is 0.257 e. The van der Waals surface area contributed by atoms with Gasteiger partial charge >= 0.3 is 0 Å². The first-order valence-electron chi connectivity index (χ1n) is 7.47. The van der Waals surface area contributed by atoms with Crippen molar-refractivity contribution in [2.45, 2.75) is 4.58 Å². The number of imidazole rings is 1. The molecule has 0 aliphatic carbocycles. The number of nitrogens with zero attached hydrogens (tertiary/aromatic N) is 2. The molecule has 1 aliphatic heterocycles. The zero-order chi connectivity index (χ0) is 16.5. The van der Waals surface area contributed by atoms with Gasteiger partial charge in [-0.05, 0) is 39.7 Å². The fourth-order valence-electron chi connectivity index (χ4n) is 2.63. The van der Waals surface area contributed by atoms with E-state index in [-0.39, 0.29) is 5.91 Å². The lowest BCUT2D eigenvalue weighted by Crippen LogP contribution is -2.13. The Hall–Kier alpha value is -1.44. The van der Waals surface area contributed by atoms with Crippen molar-refractivity contribution in [1.29, 1.82) is 0 Å². The van der Waals surface area contributed by atoms with Gasteiger partial charge in [-0.15, -0.1) is 23.5 Å². The van der Waals surface area contributed by atoms with Crippen LogP contribution in [0.3, 0.4) is 0 Å². The standard InChI is InChI=1S/C17H14BrN3OS2/c18-14-9-12(10-21-5-4-19-15(14)21)16(22)20-13-3-1-2-11(8-13)17-23-6-7-24-17/h1-5,8-10,17H,6-7H2,(H,20,22). The second-order valence-electron chi connectivity index (χ2n) is 5.39. The Bertz CT molecular complexity index is 906. The zero-order valence-electron chi connectivity index (χ0n) is 12.6. The SMILES string of the molecule is O=C(Nc1cccc(C2SCCS2)c1)c1cc(Br)c2nccn2c1. The third-order valence-corrected chi connectivity index (χ3v) is 7.43. The summed E-state index contributed by atoms with van der Waals surface area (Å²) in [6.45, 7) is 0. The number of hydrogen-bond donors (Lipinski definition) is 1. The normalized spacial score (nSPS) is 15.0. The summed E-state index contributed by atoms with van der Waals surface area (Å²) in [4.78, 5) is 16.8. The zero-order valence-corrected chi connectivity index (χ0v) is 15.8. The first kappa shape index (κ1) is 16.1. The maximum absolute atomic E-state index is 12.6. The van der Waals surface area contributed by atoms with Gasteiger partial charge in [0.1, 0.15) is 0 Å². The molecule has 1 aliphatic rings. The molecule has 0 atom stereocenters. The molecule has 3 heterocycles. The molecule has 0 saturated carbocycles. The first-order valence-corrected chi connectivity index (χ1v) is 10.4. The van der Waals surface area contributed by atoms with Crippen LogP contribution in [0.2, 0.25) is 0 Å². The van der Waals surface area contributed by atoms with Gasteiger partial charge in [0.05, 0.1) is 14.6 Å². The third-order valence-electron chi connectivity index (χ3n) is 3.74. The molecule has 0 unspecified atom stereocenters. The number of carbonyl (C=O) groups excluding carboxylic acids is 1. The van der Waals surface area contributed by atoms with Crippen LogP contribution in [-0.4, -0.2) is 26.8 Å². The van der Waals surface area contributed by atoms with Crippen LogP contribution in [0.25, 0.3) is 5.65 Å². The highest BCUT2D eigenvalue weighted by Crippen LogP contribution is 2.45. The molecule has 4 nitrogen and oxygen atoms in total. The Morgan fingerprint density at radius 3 is 2.96 bits per heavy atom. The lowest BCUT2D eigenvalue weighted by molar-refractivity contribution is 0.102. The predicted molar refractivity (Wildman–Crippen MR) is 105 cm³/mol. The Morgan fingerprint density at radius 2 is 2.12 bits per heavy atom. The number of amides is 1. The summed E-state index contributed by atoms with van der Waals surface area (Å²) in [5.41, 5.74) is 3.46. The molecule has 0 spiro atoms. The maximum atomic E-state index is 12.6. The van der Waals surface area contributed by atoms with Gasteiger partial charge in [-0.1, -0.05) is 12.1 Å². The molecule has 0 radical (unpaired) electrons. The summed E-state index contributed by atoms with van der Waals surface area (Å²) in [7, 11) is 0. The van der Waals surface area contributed by atoms with E-state index in [2.05, 4.69) is 38.4 Å². The fraction of sp³-hybridized carbons (Fsp3) is 0.176. The van der Waals surface area contributed by atoms with E-state index in [4.69, 9.17) is 0 Å². The smallest absolute Gasteiger partial charge is 0.257 e. The van der Waals surface area contributed by atoms with Crippen molar-refractivity contribution in [3.63, 3.8) is 0 Å². The van der Waals surface area contributed by atoms with Crippen molar-refractivity contribution in [2.24, 2.45) is 0 Å². The molecule has 1 amide bonds. The van der Waals surface area contributed by atoms with Gasteiger partial charge in [-0.3, -0.25) is 4.79 Å². The average molecular weight is 420 g/mol. The number of hydrogen-bond acceptors (Lipinski definition) is 4. The Morgan fingerprint density at radius 1 is 1.29 bits per heavy atom. The number of anilines is 1. The van der Waals surface area contributed by atoms with Crippen molar-refractivity contribution in [1.82, 2.24) is 9.38 Å². The molecular formula is C17H14BrN3OS2. The summed E-state index contributed by atoms with van der Waals surface area (Å²) in [5, 5.41) is 2.99. The van der Waals surface area contributed by atoms with E-state index in [9.17, 15) is 4.79 Å². The fourth-order valence-corrected chi connectivity index (χ4v) is 6.02. The molecule has 24 heavy (non-hydrogen) atoms. The van der Waals surface area contributed by atoms with E-state index in [1.807, 2.05) is 46.3 Å². The molecule has 4 rings (SSSR count). The number of thioether (sulfide) groups is 2. The minimum Gasteiger partial charge on any atom is -0.322 e. The van der Waals surface area contributed by atoms with Gasteiger partial charge in [-0.25, -0.2) is 4.98 Å². The Kier molecular flexibility index (Phi) is 4.56. The summed E-state index contributed by atoms with van der Waals surface area (Å²) in [6.07, 6.45) is 5.32. The van der Waals surface area contributed by atoms with Gasteiger partial charge < -0.3 is 9.72 Å². The van der Waals surface area contributed by atoms with Crippen molar-refractivity contribution in [3.8, 4) is 0 Å². The van der Waals surface area contributed by atoms with E-state index in [1.165, 1.54) is 17.1 Å². The van der Waals surface area contributed by atoms with Crippen molar-refractivity contribution >= 4 is 56.7 Å². The molecule has 1 N–H and O–H groups in total. The van der Waals surface area contributed by atoms with Gasteiger partial charge in [0.25, 0.3) is 5.91 Å². The minimum absolute atomic E-state index is 0.129. The van der Waals surface area contributed by atoms with E-state index < -0.39 is 0 Å². The van der Waals surface area contributed by atoms with Crippen LogP contribution in [0, 0.1) is 0 Å². The monoisotopic (exact) mass is 419 g/mol. The van der Waals surface area contributed by atoms with Gasteiger partial charge in [0.2, 0.25) is 0 Å². The number of nitrogens with one attached hydrogen (secondary N) is 1. The number of carbonyl (C=O) groups is 1. The second kappa shape index (κ2) is 6.82. The molecule has 1 saturated heterocycles. The van der Waals surface area contributed by atoms with E-state index in [0.29, 0.717) is 10.1 Å². The van der Waals surface area contributed by atoms with Crippen LogP contribution in [0.5, 0.6) is 0 Å². The molecule has 1 fully saturated rings. The van der Waals surface area contributed by atoms with Gasteiger partial charge in [0, 0.05) is 35.8 Å². The Balaban J connectivity index is 1.57. The lowest BCUT2D eigenvalue weighted by atomic mass is 10.2. The average Bonchev–Trinajstić information content (AvgIpc) is 3.26. The van der Waals surface area contributed by atoms with E-state index in [0.717, 1.165) is 15.8 Å². The molecule has 122 valence electrons. The summed E-state index contributed by atoms with van der Waals surface area (Å²) in [5.74, 6) is 2.24. The highest BCUT2D eigenvalue weighted by atomic mass is 79.9. The van der Waals surface area contributed by atoms with Crippen molar-refractivity contribution in [3.05, 3.63) is 64.5 Å². The highest BCUT2D eigenvalue weighted by molar-refractivity contribution is 9.10. The molecule has 1 aromatic carbocycles. The second-order valence-corrected chi connectivity index (χ2v) is 8.97. The number of aromatic nitrogens is 2. The minimum atomic E-state index is -0.129. The molecular weight excluding hydrogens is 406 g/mol. The quantitative estimate of drug-likeness (QED) is 0.660. The van der Waals surface area contributed by atoms with Crippen LogP contribution in [0.15, 0.2) is 53.4 Å². The summed E-state index contributed by atoms with van der Waals surface area (Å²) >= 11 is 7.38.